The molecule has 3 unspecified atom stereocenters. The van der Waals surface area contributed by atoms with Gasteiger partial charge in [-0.3, -0.25) is 9.69 Å². The topological polar surface area (TPSA) is 38.8 Å². The van der Waals surface area contributed by atoms with Crippen LogP contribution in [0.4, 0.5) is 0 Å². The van der Waals surface area contributed by atoms with Gasteiger partial charge in [0, 0.05) is 18.6 Å². The van der Waals surface area contributed by atoms with Gasteiger partial charge in [-0.05, 0) is 31.6 Å². The molecule has 0 bridgehead atoms. The summed E-state index contributed by atoms with van der Waals surface area (Å²) < 4.78 is 10.7. The van der Waals surface area contributed by atoms with E-state index in [9.17, 15) is 4.79 Å². The molecule has 0 aromatic heterocycles. The lowest BCUT2D eigenvalue weighted by atomic mass is 9.67. The summed E-state index contributed by atoms with van der Waals surface area (Å²) in [6.07, 6.45) is 4.12. The van der Waals surface area contributed by atoms with Crippen LogP contribution in [0.1, 0.15) is 46.5 Å². The fraction of sp³-hybridized carbons (Fsp3) is 0.938. The van der Waals surface area contributed by atoms with Crippen LogP contribution < -0.4 is 0 Å². The standard InChI is InChI=1S/C16H29NO3/c1-4-20-15(18)12-16(17-7-9-19-10-8-17)11-13(2)5-6-14(16)3/h13-14H,4-12H2,1-3H3. The van der Waals surface area contributed by atoms with E-state index < -0.39 is 0 Å². The van der Waals surface area contributed by atoms with Crippen molar-refractivity contribution in [2.45, 2.75) is 52.0 Å². The first-order valence-electron chi connectivity index (χ1n) is 8.07. The molecule has 1 aliphatic carbocycles. The van der Waals surface area contributed by atoms with E-state index in [4.69, 9.17) is 9.47 Å². The maximum Gasteiger partial charge on any atom is 0.307 e. The lowest BCUT2D eigenvalue weighted by Crippen LogP contribution is -2.60. The molecule has 0 N–H and O–H groups in total. The first kappa shape index (κ1) is 15.8. The average Bonchev–Trinajstić information content (AvgIpc) is 2.44. The Bertz CT molecular complexity index is 328. The zero-order valence-corrected chi connectivity index (χ0v) is 13.2. The van der Waals surface area contributed by atoms with E-state index >= 15 is 0 Å². The molecule has 1 heterocycles. The SMILES string of the molecule is CCOC(=O)CC1(N2CCOCC2)CC(C)CCC1C. The van der Waals surface area contributed by atoms with E-state index in [0.29, 0.717) is 24.9 Å². The predicted molar refractivity (Wildman–Crippen MR) is 78.6 cm³/mol. The van der Waals surface area contributed by atoms with Gasteiger partial charge >= 0.3 is 5.97 Å². The lowest BCUT2D eigenvalue weighted by Gasteiger charge is -2.52. The maximum absolute atomic E-state index is 12.1. The zero-order chi connectivity index (χ0) is 14.6. The molecule has 2 fully saturated rings. The van der Waals surface area contributed by atoms with Gasteiger partial charge in [0.25, 0.3) is 0 Å². The van der Waals surface area contributed by atoms with Crippen LogP contribution in [0.15, 0.2) is 0 Å². The molecule has 0 radical (unpaired) electrons. The van der Waals surface area contributed by atoms with Gasteiger partial charge in [0.2, 0.25) is 0 Å². The Kier molecular flexibility index (Phi) is 5.44. The second kappa shape index (κ2) is 6.90. The third kappa shape index (κ3) is 3.34. The fourth-order valence-electron chi connectivity index (χ4n) is 3.98. The number of carbonyl (C=O) groups excluding carboxylic acids is 1. The average molecular weight is 283 g/mol. The number of carbonyl (C=O) groups is 1. The molecule has 0 aromatic rings. The molecule has 116 valence electrons. The minimum Gasteiger partial charge on any atom is -0.466 e. The summed E-state index contributed by atoms with van der Waals surface area (Å²) in [7, 11) is 0. The van der Waals surface area contributed by atoms with Crippen LogP contribution in [0.2, 0.25) is 0 Å². The quantitative estimate of drug-likeness (QED) is 0.743. The van der Waals surface area contributed by atoms with Gasteiger partial charge in [-0.15, -0.1) is 0 Å². The van der Waals surface area contributed by atoms with Crippen molar-refractivity contribution in [2.75, 3.05) is 32.9 Å². The van der Waals surface area contributed by atoms with Crippen LogP contribution in [0.5, 0.6) is 0 Å². The Labute approximate surface area is 122 Å². The molecule has 0 spiro atoms. The summed E-state index contributed by atoms with van der Waals surface area (Å²) in [6.45, 7) is 10.4. The molecule has 4 heteroatoms. The summed E-state index contributed by atoms with van der Waals surface area (Å²) >= 11 is 0. The highest BCUT2D eigenvalue weighted by molar-refractivity contribution is 5.71. The smallest absolute Gasteiger partial charge is 0.307 e. The molecular weight excluding hydrogens is 254 g/mol. The van der Waals surface area contributed by atoms with Crippen LogP contribution in [0.3, 0.4) is 0 Å². The molecule has 1 saturated carbocycles. The second-order valence-corrected chi connectivity index (χ2v) is 6.47. The molecular formula is C16H29NO3. The minimum absolute atomic E-state index is 0.0201. The van der Waals surface area contributed by atoms with Crippen molar-refractivity contribution >= 4 is 5.97 Å². The first-order valence-corrected chi connectivity index (χ1v) is 8.07. The van der Waals surface area contributed by atoms with Gasteiger partial charge < -0.3 is 9.47 Å². The summed E-state index contributed by atoms with van der Waals surface area (Å²) in [5.41, 5.74) is -0.0201. The fourth-order valence-corrected chi connectivity index (χ4v) is 3.98. The highest BCUT2D eigenvalue weighted by atomic mass is 16.5. The number of hydrogen-bond acceptors (Lipinski definition) is 4. The van der Waals surface area contributed by atoms with Crippen LogP contribution in [0, 0.1) is 11.8 Å². The van der Waals surface area contributed by atoms with Crippen LogP contribution >= 0.6 is 0 Å². The summed E-state index contributed by atoms with van der Waals surface area (Å²) in [4.78, 5) is 14.6. The molecule has 0 aromatic carbocycles. The van der Waals surface area contributed by atoms with Crippen molar-refractivity contribution in [3.8, 4) is 0 Å². The summed E-state index contributed by atoms with van der Waals surface area (Å²) in [5.74, 6) is 1.18. The number of hydrogen-bond donors (Lipinski definition) is 0. The molecule has 4 nitrogen and oxygen atoms in total. The lowest BCUT2D eigenvalue weighted by molar-refractivity contribution is -0.152. The van der Waals surface area contributed by atoms with E-state index in [0.717, 1.165) is 32.7 Å². The maximum atomic E-state index is 12.1. The number of rotatable bonds is 4. The van der Waals surface area contributed by atoms with Crippen molar-refractivity contribution < 1.29 is 14.3 Å². The first-order chi connectivity index (χ1) is 9.58. The van der Waals surface area contributed by atoms with Crippen LogP contribution in [-0.4, -0.2) is 49.3 Å². The van der Waals surface area contributed by atoms with Gasteiger partial charge in [-0.1, -0.05) is 20.3 Å². The van der Waals surface area contributed by atoms with E-state index in [1.807, 2.05) is 6.92 Å². The van der Waals surface area contributed by atoms with E-state index in [2.05, 4.69) is 18.7 Å². The highest BCUT2D eigenvalue weighted by Crippen LogP contribution is 2.43. The molecule has 3 atom stereocenters. The Morgan fingerprint density at radius 3 is 2.65 bits per heavy atom. The predicted octanol–water partition coefficient (Wildman–Crippen LogP) is 2.47. The van der Waals surface area contributed by atoms with Crippen LogP contribution in [0.25, 0.3) is 0 Å². The molecule has 2 aliphatic rings. The number of ether oxygens (including phenoxy) is 2. The Balaban J connectivity index is 2.18. The van der Waals surface area contributed by atoms with E-state index in [-0.39, 0.29) is 11.5 Å². The van der Waals surface area contributed by atoms with Crippen molar-refractivity contribution in [3.05, 3.63) is 0 Å². The zero-order valence-electron chi connectivity index (χ0n) is 13.2. The monoisotopic (exact) mass is 283 g/mol. The third-order valence-electron chi connectivity index (χ3n) is 5.11. The van der Waals surface area contributed by atoms with Crippen LogP contribution in [-0.2, 0) is 14.3 Å². The number of esters is 1. The van der Waals surface area contributed by atoms with Crippen molar-refractivity contribution in [1.29, 1.82) is 0 Å². The van der Waals surface area contributed by atoms with Gasteiger partial charge in [0.1, 0.15) is 0 Å². The van der Waals surface area contributed by atoms with Gasteiger partial charge in [-0.25, -0.2) is 0 Å². The van der Waals surface area contributed by atoms with E-state index in [1.54, 1.807) is 0 Å². The Morgan fingerprint density at radius 2 is 2.00 bits per heavy atom. The molecule has 1 aliphatic heterocycles. The summed E-state index contributed by atoms with van der Waals surface area (Å²) in [5, 5.41) is 0. The molecule has 0 amide bonds. The second-order valence-electron chi connectivity index (χ2n) is 6.47. The largest absolute Gasteiger partial charge is 0.466 e. The molecule has 2 rings (SSSR count). The Hall–Kier alpha value is -0.610. The van der Waals surface area contributed by atoms with Crippen molar-refractivity contribution in [2.24, 2.45) is 11.8 Å². The minimum atomic E-state index is -0.0417. The Morgan fingerprint density at radius 1 is 1.30 bits per heavy atom. The van der Waals surface area contributed by atoms with E-state index in [1.165, 1.54) is 12.8 Å². The number of morpholine rings is 1. The highest BCUT2D eigenvalue weighted by Gasteiger charge is 2.47. The normalized spacial score (nSPS) is 35.8. The molecule has 20 heavy (non-hydrogen) atoms. The van der Waals surface area contributed by atoms with Gasteiger partial charge in [0.05, 0.1) is 26.2 Å². The summed E-state index contributed by atoms with van der Waals surface area (Å²) in [6, 6.07) is 0. The van der Waals surface area contributed by atoms with Gasteiger partial charge in [0.15, 0.2) is 0 Å². The van der Waals surface area contributed by atoms with Gasteiger partial charge in [-0.2, -0.15) is 0 Å². The van der Waals surface area contributed by atoms with Crippen molar-refractivity contribution in [1.82, 2.24) is 4.90 Å². The number of nitrogens with zero attached hydrogens (tertiary/aromatic N) is 1. The molecule has 1 saturated heterocycles. The van der Waals surface area contributed by atoms with Crippen molar-refractivity contribution in [3.63, 3.8) is 0 Å². The third-order valence-corrected chi connectivity index (χ3v) is 5.11.